The van der Waals surface area contributed by atoms with Gasteiger partial charge in [-0.05, 0) is 32.2 Å². The quantitative estimate of drug-likeness (QED) is 0.701. The monoisotopic (exact) mass is 346 g/mol. The Bertz CT molecular complexity index is 486. The van der Waals surface area contributed by atoms with Crippen molar-refractivity contribution in [3.8, 4) is 0 Å². The van der Waals surface area contributed by atoms with Crippen molar-refractivity contribution < 1.29 is 19.4 Å². The summed E-state index contributed by atoms with van der Waals surface area (Å²) in [6, 6.07) is 2.73. The normalized spacial score (nSPS) is 14.2. The number of thioether (sulfide) groups is 1. The van der Waals surface area contributed by atoms with Gasteiger partial charge in [-0.2, -0.15) is 11.8 Å². The molecule has 0 aliphatic rings. The Labute approximate surface area is 138 Å². The van der Waals surface area contributed by atoms with Gasteiger partial charge >= 0.3 is 12.1 Å². The van der Waals surface area contributed by atoms with E-state index in [0.717, 1.165) is 4.88 Å². The lowest BCUT2D eigenvalue weighted by atomic mass is 10.2. The van der Waals surface area contributed by atoms with Gasteiger partial charge < -0.3 is 20.9 Å². The SMILES string of the molecule is CC(C)(C)OC(=O)N[C@@H](CSCC(N)c1cccs1)C(=O)O. The number of carboxylic acids is 1. The number of alkyl carbamates (subject to hydrolysis) is 1. The van der Waals surface area contributed by atoms with Gasteiger partial charge in [-0.15, -0.1) is 11.3 Å². The number of hydrogen-bond donors (Lipinski definition) is 3. The zero-order valence-corrected chi connectivity index (χ0v) is 14.5. The van der Waals surface area contributed by atoms with Crippen LogP contribution in [0, 0.1) is 0 Å². The van der Waals surface area contributed by atoms with Crippen molar-refractivity contribution >= 4 is 35.2 Å². The summed E-state index contributed by atoms with van der Waals surface area (Å²) in [5, 5.41) is 13.5. The molecule has 22 heavy (non-hydrogen) atoms. The second-order valence-electron chi connectivity index (χ2n) is 5.70. The number of thiophene rings is 1. The molecular formula is C14H22N2O4S2. The topological polar surface area (TPSA) is 102 Å². The molecule has 2 atom stereocenters. The molecule has 1 amide bonds. The van der Waals surface area contributed by atoms with Crippen LogP contribution in [0.2, 0.25) is 0 Å². The molecule has 0 fully saturated rings. The van der Waals surface area contributed by atoms with E-state index in [0.29, 0.717) is 5.75 Å². The van der Waals surface area contributed by atoms with Crippen LogP contribution >= 0.6 is 23.1 Å². The first-order valence-electron chi connectivity index (χ1n) is 6.78. The molecule has 1 heterocycles. The second-order valence-corrected chi connectivity index (χ2v) is 7.75. The van der Waals surface area contributed by atoms with Gasteiger partial charge in [-0.3, -0.25) is 0 Å². The molecule has 8 heteroatoms. The van der Waals surface area contributed by atoms with Crippen molar-refractivity contribution in [3.63, 3.8) is 0 Å². The van der Waals surface area contributed by atoms with Crippen molar-refractivity contribution in [2.24, 2.45) is 5.73 Å². The van der Waals surface area contributed by atoms with Crippen LogP contribution in [0.1, 0.15) is 31.7 Å². The largest absolute Gasteiger partial charge is 0.480 e. The summed E-state index contributed by atoms with van der Waals surface area (Å²) < 4.78 is 5.06. The summed E-state index contributed by atoms with van der Waals surface area (Å²) >= 11 is 2.96. The standard InChI is InChI=1S/C14H22N2O4S2/c1-14(2,3)20-13(19)16-10(12(17)18)8-21-7-9(15)11-5-4-6-22-11/h4-6,9-10H,7-8,15H2,1-3H3,(H,16,19)(H,17,18)/t9?,10-/m0/s1. The summed E-state index contributed by atoms with van der Waals surface area (Å²) in [5.74, 6) is -0.281. The maximum atomic E-state index is 11.6. The third-order valence-electron chi connectivity index (χ3n) is 2.48. The van der Waals surface area contributed by atoms with Crippen molar-refractivity contribution in [1.29, 1.82) is 0 Å². The molecule has 124 valence electrons. The van der Waals surface area contributed by atoms with Crippen molar-refractivity contribution in [2.45, 2.75) is 38.5 Å². The molecule has 0 aromatic carbocycles. The van der Waals surface area contributed by atoms with E-state index >= 15 is 0 Å². The third-order valence-corrected chi connectivity index (χ3v) is 4.65. The fourth-order valence-electron chi connectivity index (χ4n) is 1.52. The summed E-state index contributed by atoms with van der Waals surface area (Å²) in [6.07, 6.45) is -0.733. The Balaban J connectivity index is 2.41. The first-order valence-corrected chi connectivity index (χ1v) is 8.81. The highest BCUT2D eigenvalue weighted by Crippen LogP contribution is 2.21. The molecule has 0 saturated carbocycles. The predicted octanol–water partition coefficient (Wildman–Crippen LogP) is 2.46. The van der Waals surface area contributed by atoms with E-state index in [2.05, 4.69) is 5.32 Å². The number of carboxylic acid groups (broad SMARTS) is 1. The molecule has 4 N–H and O–H groups in total. The van der Waals surface area contributed by atoms with Gasteiger partial charge in [0.2, 0.25) is 0 Å². The molecule has 1 unspecified atom stereocenters. The van der Waals surface area contributed by atoms with Crippen molar-refractivity contribution in [2.75, 3.05) is 11.5 Å². The molecule has 1 rings (SSSR count). The molecule has 6 nitrogen and oxygen atoms in total. The molecule has 0 bridgehead atoms. The van der Waals surface area contributed by atoms with Crippen LogP contribution < -0.4 is 11.1 Å². The van der Waals surface area contributed by atoms with E-state index in [1.54, 1.807) is 32.1 Å². The van der Waals surface area contributed by atoms with Gasteiger partial charge in [0.1, 0.15) is 11.6 Å². The maximum absolute atomic E-state index is 11.6. The van der Waals surface area contributed by atoms with Gasteiger partial charge in [-0.25, -0.2) is 9.59 Å². The van der Waals surface area contributed by atoms with E-state index in [-0.39, 0.29) is 11.8 Å². The van der Waals surface area contributed by atoms with Gasteiger partial charge in [0, 0.05) is 22.4 Å². The number of nitrogens with one attached hydrogen (secondary N) is 1. The molecule has 0 radical (unpaired) electrons. The minimum atomic E-state index is -1.09. The fourth-order valence-corrected chi connectivity index (χ4v) is 3.39. The lowest BCUT2D eigenvalue weighted by Crippen LogP contribution is -2.45. The van der Waals surface area contributed by atoms with Crippen LogP contribution in [-0.2, 0) is 9.53 Å². The van der Waals surface area contributed by atoms with E-state index in [9.17, 15) is 9.59 Å². The molecule has 1 aromatic rings. The van der Waals surface area contributed by atoms with Crippen LogP contribution in [0.25, 0.3) is 0 Å². The zero-order valence-electron chi connectivity index (χ0n) is 12.9. The average molecular weight is 346 g/mol. The Morgan fingerprint density at radius 1 is 1.45 bits per heavy atom. The molecule has 1 aromatic heterocycles. The van der Waals surface area contributed by atoms with Crippen LogP contribution in [0.5, 0.6) is 0 Å². The molecular weight excluding hydrogens is 324 g/mol. The highest BCUT2D eigenvalue weighted by Gasteiger charge is 2.24. The number of rotatable bonds is 7. The number of carbonyl (C=O) groups excluding carboxylic acids is 1. The Hall–Kier alpha value is -1.25. The van der Waals surface area contributed by atoms with Gasteiger partial charge in [-0.1, -0.05) is 6.07 Å². The third kappa shape index (κ3) is 7.15. The average Bonchev–Trinajstić information content (AvgIpc) is 2.88. The molecule has 0 aliphatic heterocycles. The summed E-state index contributed by atoms with van der Waals surface area (Å²) in [5.41, 5.74) is 5.35. The van der Waals surface area contributed by atoms with Crippen LogP contribution in [0.15, 0.2) is 17.5 Å². The van der Waals surface area contributed by atoms with E-state index < -0.39 is 23.7 Å². The number of aliphatic carboxylic acids is 1. The minimum Gasteiger partial charge on any atom is -0.480 e. The van der Waals surface area contributed by atoms with Crippen LogP contribution in [0.4, 0.5) is 4.79 Å². The lowest BCUT2D eigenvalue weighted by Gasteiger charge is -2.22. The number of hydrogen-bond acceptors (Lipinski definition) is 6. The van der Waals surface area contributed by atoms with Crippen molar-refractivity contribution in [3.05, 3.63) is 22.4 Å². The van der Waals surface area contributed by atoms with Crippen molar-refractivity contribution in [1.82, 2.24) is 5.32 Å². The number of nitrogens with two attached hydrogens (primary N) is 1. The summed E-state index contributed by atoms with van der Waals surface area (Å²) in [4.78, 5) is 23.9. The van der Waals surface area contributed by atoms with E-state index in [1.165, 1.54) is 11.8 Å². The first kappa shape index (κ1) is 18.8. The summed E-state index contributed by atoms with van der Waals surface area (Å²) in [7, 11) is 0. The van der Waals surface area contributed by atoms with Gasteiger partial charge in [0.25, 0.3) is 0 Å². The first-order chi connectivity index (χ1) is 10.2. The smallest absolute Gasteiger partial charge is 0.408 e. The highest BCUT2D eigenvalue weighted by atomic mass is 32.2. The van der Waals surface area contributed by atoms with Crippen LogP contribution in [-0.4, -0.2) is 40.3 Å². The highest BCUT2D eigenvalue weighted by molar-refractivity contribution is 7.99. The Morgan fingerprint density at radius 3 is 2.64 bits per heavy atom. The maximum Gasteiger partial charge on any atom is 0.408 e. The van der Waals surface area contributed by atoms with Gasteiger partial charge in [0.05, 0.1) is 0 Å². The molecule has 0 saturated heterocycles. The van der Waals surface area contributed by atoms with Crippen LogP contribution in [0.3, 0.4) is 0 Å². The zero-order chi connectivity index (χ0) is 16.8. The fraction of sp³-hybridized carbons (Fsp3) is 0.571. The van der Waals surface area contributed by atoms with Gasteiger partial charge in [0.15, 0.2) is 0 Å². The Morgan fingerprint density at radius 2 is 2.14 bits per heavy atom. The number of carbonyl (C=O) groups is 2. The Kier molecular flexibility index (Phi) is 7.18. The number of amides is 1. The van der Waals surface area contributed by atoms with E-state index in [1.807, 2.05) is 17.5 Å². The minimum absolute atomic E-state index is 0.138. The predicted molar refractivity (Wildman–Crippen MR) is 89.4 cm³/mol. The number of ether oxygens (including phenoxy) is 1. The second kappa shape index (κ2) is 8.40. The molecule has 0 spiro atoms. The van der Waals surface area contributed by atoms with E-state index in [4.69, 9.17) is 15.6 Å². The molecule has 0 aliphatic carbocycles. The summed E-state index contributed by atoms with van der Waals surface area (Å²) in [6.45, 7) is 5.16. The lowest BCUT2D eigenvalue weighted by molar-refractivity contribution is -0.138.